The summed E-state index contributed by atoms with van der Waals surface area (Å²) in [4.78, 5) is 1.92. The fraction of sp³-hybridized carbons (Fsp3) is 0.538. The van der Waals surface area contributed by atoms with Gasteiger partial charge in [-0.15, -0.1) is 0 Å². The van der Waals surface area contributed by atoms with Gasteiger partial charge in [-0.3, -0.25) is 0 Å². The van der Waals surface area contributed by atoms with Crippen molar-refractivity contribution in [2.45, 2.75) is 39.3 Å². The fourth-order valence-electron chi connectivity index (χ4n) is 1.61. The number of anilines is 1. The van der Waals surface area contributed by atoms with Crippen LogP contribution in [0.25, 0.3) is 0 Å². The van der Waals surface area contributed by atoms with Gasteiger partial charge < -0.3 is 10.6 Å². The predicted molar refractivity (Wildman–Crippen MR) is 67.3 cm³/mol. The first kappa shape index (κ1) is 13.0. The molecule has 1 rings (SSSR count). The van der Waals surface area contributed by atoms with E-state index in [2.05, 4.69) is 0 Å². The quantitative estimate of drug-likeness (QED) is 0.851. The van der Waals surface area contributed by atoms with Crippen LogP contribution in [0.4, 0.5) is 10.1 Å². The average molecular weight is 224 g/mol. The lowest BCUT2D eigenvalue weighted by Crippen LogP contribution is -2.26. The SMILES string of the molecule is CC(N)Cc1ccc(N(C)C(C)C)c(F)c1. The van der Waals surface area contributed by atoms with Gasteiger partial charge in [0.15, 0.2) is 0 Å². The summed E-state index contributed by atoms with van der Waals surface area (Å²) >= 11 is 0. The second-order valence-corrected chi connectivity index (χ2v) is 4.67. The van der Waals surface area contributed by atoms with Crippen molar-refractivity contribution in [1.29, 1.82) is 0 Å². The molecule has 0 aromatic heterocycles. The first-order valence-electron chi connectivity index (χ1n) is 5.68. The van der Waals surface area contributed by atoms with Crippen molar-refractivity contribution < 1.29 is 4.39 Å². The van der Waals surface area contributed by atoms with E-state index in [1.807, 2.05) is 44.9 Å². The number of nitrogens with zero attached hydrogens (tertiary/aromatic N) is 1. The Balaban J connectivity index is 2.91. The Hall–Kier alpha value is -1.09. The van der Waals surface area contributed by atoms with Crippen LogP contribution in [-0.4, -0.2) is 19.1 Å². The normalized spacial score (nSPS) is 12.9. The number of benzene rings is 1. The van der Waals surface area contributed by atoms with Crippen LogP contribution in [0, 0.1) is 5.82 Å². The van der Waals surface area contributed by atoms with E-state index in [9.17, 15) is 4.39 Å². The topological polar surface area (TPSA) is 29.3 Å². The molecular formula is C13H21FN2. The number of nitrogens with two attached hydrogens (primary N) is 1. The van der Waals surface area contributed by atoms with Crippen LogP contribution in [0.15, 0.2) is 18.2 Å². The zero-order chi connectivity index (χ0) is 12.3. The number of hydrogen-bond acceptors (Lipinski definition) is 2. The molecule has 0 aliphatic rings. The van der Waals surface area contributed by atoms with E-state index in [1.54, 1.807) is 6.07 Å². The Morgan fingerprint density at radius 2 is 1.94 bits per heavy atom. The minimum atomic E-state index is -0.172. The number of hydrogen-bond donors (Lipinski definition) is 1. The first-order valence-corrected chi connectivity index (χ1v) is 5.68. The van der Waals surface area contributed by atoms with E-state index in [0.717, 1.165) is 5.56 Å². The second-order valence-electron chi connectivity index (χ2n) is 4.67. The largest absolute Gasteiger partial charge is 0.370 e. The van der Waals surface area contributed by atoms with Gasteiger partial charge in [-0.25, -0.2) is 4.39 Å². The summed E-state index contributed by atoms with van der Waals surface area (Å²) in [6.45, 7) is 6.00. The monoisotopic (exact) mass is 224 g/mol. The van der Waals surface area contributed by atoms with E-state index in [4.69, 9.17) is 5.73 Å². The van der Waals surface area contributed by atoms with Crippen molar-refractivity contribution in [2.24, 2.45) is 5.73 Å². The first-order chi connectivity index (χ1) is 7.41. The maximum absolute atomic E-state index is 13.8. The minimum absolute atomic E-state index is 0.0630. The van der Waals surface area contributed by atoms with Gasteiger partial charge in [0, 0.05) is 19.1 Å². The van der Waals surface area contributed by atoms with Crippen LogP contribution in [0.2, 0.25) is 0 Å². The number of halogens is 1. The molecule has 1 aromatic carbocycles. The van der Waals surface area contributed by atoms with Crippen LogP contribution < -0.4 is 10.6 Å². The lowest BCUT2D eigenvalue weighted by molar-refractivity contribution is 0.609. The fourth-order valence-corrected chi connectivity index (χ4v) is 1.61. The summed E-state index contributed by atoms with van der Waals surface area (Å²) in [7, 11) is 1.90. The van der Waals surface area contributed by atoms with Gasteiger partial charge in [0.1, 0.15) is 5.82 Å². The molecule has 16 heavy (non-hydrogen) atoms. The van der Waals surface area contributed by atoms with E-state index in [1.165, 1.54) is 0 Å². The molecule has 0 spiro atoms. The minimum Gasteiger partial charge on any atom is -0.370 e. The Labute approximate surface area is 97.3 Å². The highest BCUT2D eigenvalue weighted by Crippen LogP contribution is 2.21. The maximum atomic E-state index is 13.8. The summed E-state index contributed by atoms with van der Waals surface area (Å²) in [6.07, 6.45) is 0.711. The highest BCUT2D eigenvalue weighted by atomic mass is 19.1. The molecule has 2 nitrogen and oxygen atoms in total. The molecule has 0 saturated carbocycles. The summed E-state index contributed by atoms with van der Waals surface area (Å²) in [5.74, 6) is -0.172. The summed E-state index contributed by atoms with van der Waals surface area (Å²) in [5.41, 5.74) is 7.28. The van der Waals surface area contributed by atoms with Gasteiger partial charge in [-0.05, 0) is 44.9 Å². The maximum Gasteiger partial charge on any atom is 0.146 e. The van der Waals surface area contributed by atoms with E-state index in [0.29, 0.717) is 12.1 Å². The van der Waals surface area contributed by atoms with Crippen molar-refractivity contribution in [3.8, 4) is 0 Å². The van der Waals surface area contributed by atoms with E-state index < -0.39 is 0 Å². The Morgan fingerprint density at radius 3 is 2.38 bits per heavy atom. The molecule has 0 bridgehead atoms. The summed E-state index contributed by atoms with van der Waals surface area (Å²) in [5, 5.41) is 0. The molecule has 3 heteroatoms. The lowest BCUT2D eigenvalue weighted by Gasteiger charge is -2.24. The Kier molecular flexibility index (Phi) is 4.30. The number of rotatable bonds is 4. The van der Waals surface area contributed by atoms with Gasteiger partial charge >= 0.3 is 0 Å². The highest BCUT2D eigenvalue weighted by Gasteiger charge is 2.11. The molecule has 2 N–H and O–H groups in total. The van der Waals surface area contributed by atoms with Gasteiger partial charge in [-0.1, -0.05) is 6.07 Å². The summed E-state index contributed by atoms with van der Waals surface area (Å²) < 4.78 is 13.8. The van der Waals surface area contributed by atoms with Gasteiger partial charge in [-0.2, -0.15) is 0 Å². The average Bonchev–Trinajstić information content (AvgIpc) is 2.15. The van der Waals surface area contributed by atoms with Crippen LogP contribution in [-0.2, 0) is 6.42 Å². The van der Waals surface area contributed by atoms with Crippen molar-refractivity contribution >= 4 is 5.69 Å². The molecular weight excluding hydrogens is 203 g/mol. The third-order valence-corrected chi connectivity index (χ3v) is 2.72. The standard InChI is InChI=1S/C13H21FN2/c1-9(2)16(4)13-6-5-11(7-10(3)15)8-12(13)14/h5-6,8-10H,7,15H2,1-4H3. The van der Waals surface area contributed by atoms with E-state index in [-0.39, 0.29) is 17.9 Å². The third-order valence-electron chi connectivity index (χ3n) is 2.72. The second kappa shape index (κ2) is 5.30. The Bertz CT molecular complexity index is 348. The molecule has 0 aliphatic heterocycles. The van der Waals surface area contributed by atoms with Crippen molar-refractivity contribution in [2.75, 3.05) is 11.9 Å². The van der Waals surface area contributed by atoms with Gasteiger partial charge in [0.25, 0.3) is 0 Å². The third kappa shape index (κ3) is 3.20. The van der Waals surface area contributed by atoms with Crippen molar-refractivity contribution in [3.05, 3.63) is 29.6 Å². The van der Waals surface area contributed by atoms with Crippen LogP contribution >= 0.6 is 0 Å². The smallest absolute Gasteiger partial charge is 0.146 e. The molecule has 0 fully saturated rings. The molecule has 1 atom stereocenters. The molecule has 1 aromatic rings. The zero-order valence-electron chi connectivity index (χ0n) is 10.5. The van der Waals surface area contributed by atoms with Crippen LogP contribution in [0.5, 0.6) is 0 Å². The van der Waals surface area contributed by atoms with Crippen molar-refractivity contribution in [1.82, 2.24) is 0 Å². The molecule has 1 unspecified atom stereocenters. The highest BCUT2D eigenvalue weighted by molar-refractivity contribution is 5.49. The molecule has 90 valence electrons. The lowest BCUT2D eigenvalue weighted by atomic mass is 10.1. The molecule has 0 saturated heterocycles. The zero-order valence-corrected chi connectivity index (χ0v) is 10.5. The molecule has 0 heterocycles. The predicted octanol–water partition coefficient (Wildman–Crippen LogP) is 2.56. The molecule has 0 amide bonds. The van der Waals surface area contributed by atoms with Crippen LogP contribution in [0.3, 0.4) is 0 Å². The molecule has 0 aliphatic carbocycles. The Morgan fingerprint density at radius 1 is 1.31 bits per heavy atom. The molecule has 0 radical (unpaired) electrons. The summed E-state index contributed by atoms with van der Waals surface area (Å²) in [6, 6.07) is 5.70. The van der Waals surface area contributed by atoms with Gasteiger partial charge in [0.2, 0.25) is 0 Å². The van der Waals surface area contributed by atoms with Gasteiger partial charge in [0.05, 0.1) is 5.69 Å². The van der Waals surface area contributed by atoms with Crippen LogP contribution in [0.1, 0.15) is 26.3 Å². The van der Waals surface area contributed by atoms with E-state index >= 15 is 0 Å². The van der Waals surface area contributed by atoms with Crippen molar-refractivity contribution in [3.63, 3.8) is 0 Å².